The average molecular weight is 418 g/mol. The minimum atomic E-state index is -4.02. The van der Waals surface area contributed by atoms with Gasteiger partial charge in [-0.05, 0) is 49.8 Å². The maximum absolute atomic E-state index is 12.0. The van der Waals surface area contributed by atoms with Gasteiger partial charge in [-0.2, -0.15) is 8.42 Å². The number of rotatable bonds is 4. The number of aryl methyl sites for hydroxylation is 1. The molecule has 0 unspecified atom stereocenters. The molecule has 2 aromatic rings. The van der Waals surface area contributed by atoms with Gasteiger partial charge in [0.1, 0.15) is 12.6 Å². The Labute approximate surface area is 172 Å². The van der Waals surface area contributed by atoms with Crippen molar-refractivity contribution >= 4 is 16.1 Å². The maximum Gasteiger partial charge on any atom is 0.323 e. The summed E-state index contributed by atoms with van der Waals surface area (Å²) in [6.45, 7) is 2.22. The first-order valence-corrected chi connectivity index (χ1v) is 11.3. The van der Waals surface area contributed by atoms with Crippen LogP contribution in [0.5, 0.6) is 0 Å². The van der Waals surface area contributed by atoms with Crippen molar-refractivity contribution < 1.29 is 22.5 Å². The molecule has 1 aliphatic carbocycles. The van der Waals surface area contributed by atoms with E-state index in [1.165, 1.54) is 31.4 Å². The number of hydrogen-bond acceptors (Lipinski definition) is 5. The Balaban J connectivity index is 0.000000188. The fraction of sp³-hybridized carbons (Fsp3) is 0.409. The molecule has 2 fully saturated rings. The molecule has 1 saturated heterocycles. The Morgan fingerprint density at radius 1 is 1.10 bits per heavy atom. The van der Waals surface area contributed by atoms with Gasteiger partial charge in [0.2, 0.25) is 0 Å². The summed E-state index contributed by atoms with van der Waals surface area (Å²) in [6, 6.07) is 16.3. The molecule has 2 aromatic carbocycles. The molecule has 0 aromatic heterocycles. The summed E-state index contributed by atoms with van der Waals surface area (Å²) >= 11 is 0. The lowest BCUT2D eigenvalue weighted by molar-refractivity contribution is -0.147. The Morgan fingerprint density at radius 3 is 2.41 bits per heavy atom. The first kappa shape index (κ1) is 21.5. The van der Waals surface area contributed by atoms with Crippen LogP contribution in [0.2, 0.25) is 0 Å². The van der Waals surface area contributed by atoms with Gasteiger partial charge < -0.3 is 10.1 Å². The third-order valence-electron chi connectivity index (χ3n) is 5.44. The van der Waals surface area contributed by atoms with E-state index in [4.69, 9.17) is 9.29 Å². The third-order valence-corrected chi connectivity index (χ3v) is 6.31. The summed E-state index contributed by atoms with van der Waals surface area (Å²) in [5.41, 5.74) is 2.00. The van der Waals surface area contributed by atoms with Crippen LogP contribution in [0.1, 0.15) is 36.8 Å². The van der Waals surface area contributed by atoms with Crippen LogP contribution >= 0.6 is 0 Å². The van der Waals surface area contributed by atoms with Crippen LogP contribution in [0.3, 0.4) is 0 Å². The van der Waals surface area contributed by atoms with E-state index in [1.807, 2.05) is 37.3 Å². The molecule has 0 amide bonds. The number of carbonyl (C=O) groups is 1. The SMILES string of the molecule is Cc1ccc(S(=O)(=O)O)cc1.O=C(OCc1ccccc1)[C@@H]1C[C@@H]2CCC[C@@H]2N1. The van der Waals surface area contributed by atoms with Crippen LogP contribution in [0.15, 0.2) is 59.5 Å². The van der Waals surface area contributed by atoms with E-state index in [1.54, 1.807) is 12.1 Å². The van der Waals surface area contributed by atoms with Crippen LogP contribution in [0, 0.1) is 12.8 Å². The fourth-order valence-electron chi connectivity index (χ4n) is 3.87. The second-order valence-electron chi connectivity index (χ2n) is 7.63. The number of fused-ring (bicyclic) bond motifs is 1. The quantitative estimate of drug-likeness (QED) is 0.584. The molecule has 2 N–H and O–H groups in total. The first-order chi connectivity index (χ1) is 13.8. The molecule has 2 aliphatic rings. The maximum atomic E-state index is 12.0. The van der Waals surface area contributed by atoms with Crippen molar-refractivity contribution in [1.82, 2.24) is 5.32 Å². The van der Waals surface area contributed by atoms with Crippen molar-refractivity contribution in [3.63, 3.8) is 0 Å². The third kappa shape index (κ3) is 6.13. The smallest absolute Gasteiger partial charge is 0.323 e. The summed E-state index contributed by atoms with van der Waals surface area (Å²) in [5, 5.41) is 3.41. The second-order valence-corrected chi connectivity index (χ2v) is 9.06. The normalized spacial score (nSPS) is 23.0. The molecular formula is C22H27NO5S. The summed E-state index contributed by atoms with van der Waals surface area (Å²) < 4.78 is 34.9. The molecule has 0 radical (unpaired) electrons. The predicted molar refractivity (Wildman–Crippen MR) is 110 cm³/mol. The van der Waals surface area contributed by atoms with Gasteiger partial charge in [0.05, 0.1) is 4.90 Å². The van der Waals surface area contributed by atoms with E-state index in [9.17, 15) is 13.2 Å². The molecule has 1 heterocycles. The number of esters is 1. The monoisotopic (exact) mass is 417 g/mol. The van der Waals surface area contributed by atoms with Crippen molar-refractivity contribution in [3.8, 4) is 0 Å². The van der Waals surface area contributed by atoms with E-state index in [0.717, 1.165) is 17.5 Å². The van der Waals surface area contributed by atoms with Crippen molar-refractivity contribution in [3.05, 3.63) is 65.7 Å². The molecule has 3 atom stereocenters. The summed E-state index contributed by atoms with van der Waals surface area (Å²) in [5.74, 6) is 0.604. The lowest BCUT2D eigenvalue weighted by Crippen LogP contribution is -2.36. The first-order valence-electron chi connectivity index (χ1n) is 9.83. The van der Waals surface area contributed by atoms with E-state index in [0.29, 0.717) is 18.6 Å². The van der Waals surface area contributed by atoms with Gasteiger partial charge in [0.25, 0.3) is 10.1 Å². The number of carbonyl (C=O) groups excluding carboxylic acids is 1. The largest absolute Gasteiger partial charge is 0.460 e. The average Bonchev–Trinajstić information content (AvgIpc) is 3.29. The summed E-state index contributed by atoms with van der Waals surface area (Å²) in [7, 11) is -4.02. The van der Waals surface area contributed by atoms with Crippen LogP contribution in [-0.4, -0.2) is 31.0 Å². The lowest BCUT2D eigenvalue weighted by atomic mass is 10.0. The van der Waals surface area contributed by atoms with Crippen molar-refractivity contribution in [2.75, 3.05) is 0 Å². The van der Waals surface area contributed by atoms with Gasteiger partial charge in [-0.25, -0.2) is 0 Å². The van der Waals surface area contributed by atoms with Gasteiger partial charge in [0.15, 0.2) is 0 Å². The molecule has 1 aliphatic heterocycles. The number of nitrogens with one attached hydrogen (secondary N) is 1. The Kier molecular flexibility index (Phi) is 7.05. The fourth-order valence-corrected chi connectivity index (χ4v) is 4.35. The molecule has 7 heteroatoms. The predicted octanol–water partition coefficient (Wildman–Crippen LogP) is 3.50. The van der Waals surface area contributed by atoms with Gasteiger partial charge in [-0.1, -0.05) is 54.4 Å². The minimum Gasteiger partial charge on any atom is -0.460 e. The summed E-state index contributed by atoms with van der Waals surface area (Å²) in [4.78, 5) is 11.9. The number of hydrogen-bond donors (Lipinski definition) is 2. The zero-order valence-corrected chi connectivity index (χ0v) is 17.3. The highest BCUT2D eigenvalue weighted by molar-refractivity contribution is 7.85. The van der Waals surface area contributed by atoms with Gasteiger partial charge >= 0.3 is 5.97 Å². The van der Waals surface area contributed by atoms with Crippen LogP contribution < -0.4 is 5.32 Å². The molecule has 29 heavy (non-hydrogen) atoms. The molecule has 4 rings (SSSR count). The van der Waals surface area contributed by atoms with Crippen LogP contribution in [0.4, 0.5) is 0 Å². The molecular weight excluding hydrogens is 390 g/mol. The zero-order chi connectivity index (χ0) is 20.9. The van der Waals surface area contributed by atoms with Gasteiger partial charge in [-0.3, -0.25) is 9.35 Å². The number of benzene rings is 2. The minimum absolute atomic E-state index is 0.0666. The molecule has 156 valence electrons. The highest BCUT2D eigenvalue weighted by Crippen LogP contribution is 2.34. The van der Waals surface area contributed by atoms with Crippen molar-refractivity contribution in [2.24, 2.45) is 5.92 Å². The van der Waals surface area contributed by atoms with Gasteiger partial charge in [-0.15, -0.1) is 0 Å². The van der Waals surface area contributed by atoms with Crippen LogP contribution in [-0.2, 0) is 26.3 Å². The van der Waals surface area contributed by atoms with Gasteiger partial charge in [0, 0.05) is 6.04 Å². The topological polar surface area (TPSA) is 92.7 Å². The Hall–Kier alpha value is -2.22. The zero-order valence-electron chi connectivity index (χ0n) is 16.5. The van der Waals surface area contributed by atoms with E-state index in [-0.39, 0.29) is 16.9 Å². The molecule has 0 spiro atoms. The van der Waals surface area contributed by atoms with E-state index >= 15 is 0 Å². The van der Waals surface area contributed by atoms with E-state index < -0.39 is 10.1 Å². The molecule has 1 saturated carbocycles. The second kappa shape index (κ2) is 9.52. The Bertz CT molecular complexity index is 900. The molecule has 6 nitrogen and oxygen atoms in total. The highest BCUT2D eigenvalue weighted by atomic mass is 32.2. The molecule has 0 bridgehead atoms. The van der Waals surface area contributed by atoms with Crippen molar-refractivity contribution in [2.45, 2.75) is 56.2 Å². The highest BCUT2D eigenvalue weighted by Gasteiger charge is 2.40. The standard InChI is InChI=1S/C15H19NO2.C7H8O3S/c17-15(18-10-11-5-2-1-3-6-11)14-9-12-7-4-8-13(12)16-14;1-6-2-4-7(5-3-6)11(8,9)10/h1-3,5-6,12-14,16H,4,7-10H2;2-5H,1H3,(H,8,9,10)/t12-,13-,14-;/m0./s1. The summed E-state index contributed by atoms with van der Waals surface area (Å²) in [6.07, 6.45) is 4.74. The number of ether oxygens (including phenoxy) is 1. The Morgan fingerprint density at radius 2 is 1.79 bits per heavy atom. The van der Waals surface area contributed by atoms with Crippen LogP contribution in [0.25, 0.3) is 0 Å². The lowest BCUT2D eigenvalue weighted by Gasteiger charge is -2.12. The van der Waals surface area contributed by atoms with E-state index in [2.05, 4.69) is 5.32 Å². The van der Waals surface area contributed by atoms with Crippen molar-refractivity contribution in [1.29, 1.82) is 0 Å².